The maximum atomic E-state index is 14.1. The molecular formula is C23H22F2N4O. The summed E-state index contributed by atoms with van der Waals surface area (Å²) in [5.41, 5.74) is 3.87. The molecule has 1 saturated heterocycles. The fourth-order valence-electron chi connectivity index (χ4n) is 4.41. The lowest BCUT2D eigenvalue weighted by molar-refractivity contribution is 0.0739. The highest BCUT2D eigenvalue weighted by atomic mass is 19.1. The summed E-state index contributed by atoms with van der Waals surface area (Å²) in [6, 6.07) is 12.9. The van der Waals surface area contributed by atoms with Crippen LogP contribution in [0.3, 0.4) is 0 Å². The van der Waals surface area contributed by atoms with Crippen LogP contribution in [0.25, 0.3) is 5.69 Å². The number of rotatable bonds is 3. The number of amides is 1. The van der Waals surface area contributed by atoms with E-state index in [1.165, 1.54) is 18.2 Å². The molecule has 1 aliphatic heterocycles. The number of hydrogen-bond donors (Lipinski definition) is 0. The second kappa shape index (κ2) is 7.55. The Kier molecular flexibility index (Phi) is 4.73. The SMILES string of the molecule is O=C(c1nn(-c2ccc(F)cc2)c2c1CCC2)N1CCN(c2ccccc2F)CC1. The van der Waals surface area contributed by atoms with Crippen molar-refractivity contribution in [1.82, 2.24) is 14.7 Å². The summed E-state index contributed by atoms with van der Waals surface area (Å²) in [5.74, 6) is -0.623. The summed E-state index contributed by atoms with van der Waals surface area (Å²) >= 11 is 0. The van der Waals surface area contributed by atoms with Crippen molar-refractivity contribution in [2.24, 2.45) is 0 Å². The van der Waals surface area contributed by atoms with Gasteiger partial charge in [-0.1, -0.05) is 12.1 Å². The lowest BCUT2D eigenvalue weighted by Crippen LogP contribution is -2.49. The summed E-state index contributed by atoms with van der Waals surface area (Å²) in [6.07, 6.45) is 2.66. The maximum Gasteiger partial charge on any atom is 0.274 e. The molecule has 5 nitrogen and oxygen atoms in total. The summed E-state index contributed by atoms with van der Waals surface area (Å²) in [7, 11) is 0. The molecule has 1 aliphatic carbocycles. The largest absolute Gasteiger partial charge is 0.366 e. The van der Waals surface area contributed by atoms with E-state index in [2.05, 4.69) is 5.10 Å². The summed E-state index contributed by atoms with van der Waals surface area (Å²) in [6.45, 7) is 2.19. The molecule has 0 unspecified atom stereocenters. The molecule has 1 amide bonds. The van der Waals surface area contributed by atoms with Crippen LogP contribution in [-0.2, 0) is 12.8 Å². The van der Waals surface area contributed by atoms with Crippen molar-refractivity contribution in [3.8, 4) is 5.69 Å². The lowest BCUT2D eigenvalue weighted by atomic mass is 10.1. The predicted molar refractivity (Wildman–Crippen MR) is 110 cm³/mol. The van der Waals surface area contributed by atoms with Crippen molar-refractivity contribution in [2.45, 2.75) is 19.3 Å². The standard InChI is InChI=1S/C23H22F2N4O/c24-16-8-10-17(11-9-16)29-20-7-3-4-18(20)22(26-29)23(30)28-14-12-27(13-15-28)21-6-2-1-5-19(21)25/h1-2,5-6,8-11H,3-4,7,12-15H2. The molecule has 2 aromatic carbocycles. The van der Waals surface area contributed by atoms with Gasteiger partial charge in [-0.2, -0.15) is 5.10 Å². The van der Waals surface area contributed by atoms with Gasteiger partial charge in [-0.05, 0) is 55.7 Å². The predicted octanol–water partition coefficient (Wildman–Crippen LogP) is 3.60. The van der Waals surface area contributed by atoms with Gasteiger partial charge in [-0.15, -0.1) is 0 Å². The zero-order chi connectivity index (χ0) is 20.7. The van der Waals surface area contributed by atoms with Crippen molar-refractivity contribution in [1.29, 1.82) is 0 Å². The summed E-state index contributed by atoms with van der Waals surface area (Å²) < 4.78 is 29.2. The number of nitrogens with zero attached hydrogens (tertiary/aromatic N) is 4. The van der Waals surface area contributed by atoms with Crippen LogP contribution in [0.5, 0.6) is 0 Å². The van der Waals surface area contributed by atoms with Gasteiger partial charge in [0.15, 0.2) is 5.69 Å². The fourth-order valence-corrected chi connectivity index (χ4v) is 4.41. The van der Waals surface area contributed by atoms with E-state index >= 15 is 0 Å². The highest BCUT2D eigenvalue weighted by Crippen LogP contribution is 2.29. The number of benzene rings is 2. The van der Waals surface area contributed by atoms with Gasteiger partial charge in [0.2, 0.25) is 0 Å². The van der Waals surface area contributed by atoms with Crippen LogP contribution in [0.4, 0.5) is 14.5 Å². The Morgan fingerprint density at radius 3 is 2.37 bits per heavy atom. The van der Waals surface area contributed by atoms with Crippen LogP contribution in [0, 0.1) is 11.6 Å². The Morgan fingerprint density at radius 2 is 1.63 bits per heavy atom. The van der Waals surface area contributed by atoms with Crippen LogP contribution >= 0.6 is 0 Å². The number of halogens is 2. The minimum absolute atomic E-state index is 0.0813. The number of para-hydroxylation sites is 1. The van der Waals surface area contributed by atoms with Crippen molar-refractivity contribution in [3.63, 3.8) is 0 Å². The van der Waals surface area contributed by atoms with Crippen LogP contribution < -0.4 is 4.90 Å². The van der Waals surface area contributed by atoms with Gasteiger partial charge in [-0.3, -0.25) is 4.79 Å². The fraction of sp³-hybridized carbons (Fsp3) is 0.304. The first-order chi connectivity index (χ1) is 14.6. The average Bonchev–Trinajstić information content (AvgIpc) is 3.38. The molecule has 0 N–H and O–H groups in total. The molecule has 1 fully saturated rings. The van der Waals surface area contributed by atoms with Crippen molar-refractivity contribution in [3.05, 3.63) is 77.1 Å². The van der Waals surface area contributed by atoms with E-state index in [4.69, 9.17) is 0 Å². The first-order valence-electron chi connectivity index (χ1n) is 10.3. The van der Waals surface area contributed by atoms with Gasteiger partial charge in [0.25, 0.3) is 5.91 Å². The van der Waals surface area contributed by atoms with E-state index < -0.39 is 0 Å². The molecule has 5 rings (SSSR count). The minimum atomic E-state index is -0.299. The molecule has 30 heavy (non-hydrogen) atoms. The smallest absolute Gasteiger partial charge is 0.274 e. The molecule has 2 aliphatic rings. The summed E-state index contributed by atoms with van der Waals surface area (Å²) in [4.78, 5) is 17.0. The Hall–Kier alpha value is -3.22. The molecule has 0 saturated carbocycles. The van der Waals surface area contributed by atoms with Gasteiger partial charge in [0.1, 0.15) is 11.6 Å². The monoisotopic (exact) mass is 408 g/mol. The number of piperazine rings is 1. The first-order valence-corrected chi connectivity index (χ1v) is 10.3. The third kappa shape index (κ3) is 3.24. The Bertz CT molecular complexity index is 1090. The molecular weight excluding hydrogens is 386 g/mol. The van der Waals surface area contributed by atoms with E-state index in [0.29, 0.717) is 37.6 Å². The molecule has 2 heterocycles. The van der Waals surface area contributed by atoms with Crippen molar-refractivity contribution < 1.29 is 13.6 Å². The number of fused-ring (bicyclic) bond motifs is 1. The van der Waals surface area contributed by atoms with E-state index in [-0.39, 0.29) is 17.5 Å². The average molecular weight is 408 g/mol. The normalized spacial score (nSPS) is 16.1. The van der Waals surface area contributed by atoms with Gasteiger partial charge >= 0.3 is 0 Å². The Labute approximate surface area is 173 Å². The van der Waals surface area contributed by atoms with Gasteiger partial charge in [0, 0.05) is 37.4 Å². The Balaban J connectivity index is 1.37. The van der Waals surface area contributed by atoms with Crippen LogP contribution in [0.15, 0.2) is 48.5 Å². The second-order valence-electron chi connectivity index (χ2n) is 7.75. The van der Waals surface area contributed by atoms with E-state index in [1.807, 2.05) is 11.0 Å². The van der Waals surface area contributed by atoms with Crippen LogP contribution in [0.1, 0.15) is 28.2 Å². The zero-order valence-electron chi connectivity index (χ0n) is 16.5. The number of carbonyl (C=O) groups excluding carboxylic acids is 1. The Morgan fingerprint density at radius 1 is 0.900 bits per heavy atom. The molecule has 0 bridgehead atoms. The second-order valence-corrected chi connectivity index (χ2v) is 7.75. The highest BCUT2D eigenvalue weighted by Gasteiger charge is 2.31. The number of anilines is 1. The lowest BCUT2D eigenvalue weighted by Gasteiger charge is -2.36. The van der Waals surface area contributed by atoms with E-state index in [1.54, 1.807) is 33.8 Å². The highest BCUT2D eigenvalue weighted by molar-refractivity contribution is 5.94. The van der Waals surface area contributed by atoms with Crippen molar-refractivity contribution >= 4 is 11.6 Å². The molecule has 0 atom stereocenters. The third-order valence-corrected chi connectivity index (χ3v) is 5.96. The number of hydrogen-bond acceptors (Lipinski definition) is 3. The van der Waals surface area contributed by atoms with E-state index in [9.17, 15) is 13.6 Å². The molecule has 154 valence electrons. The molecule has 3 aromatic rings. The molecule has 7 heteroatoms. The number of carbonyl (C=O) groups is 1. The van der Waals surface area contributed by atoms with Gasteiger partial charge < -0.3 is 9.80 Å². The van der Waals surface area contributed by atoms with Crippen LogP contribution in [0.2, 0.25) is 0 Å². The zero-order valence-corrected chi connectivity index (χ0v) is 16.5. The van der Waals surface area contributed by atoms with E-state index in [0.717, 1.165) is 36.2 Å². The van der Waals surface area contributed by atoms with Crippen LogP contribution in [-0.4, -0.2) is 46.8 Å². The van der Waals surface area contributed by atoms with Gasteiger partial charge in [0.05, 0.1) is 11.4 Å². The minimum Gasteiger partial charge on any atom is -0.366 e. The third-order valence-electron chi connectivity index (χ3n) is 5.96. The molecule has 0 radical (unpaired) electrons. The quantitative estimate of drug-likeness (QED) is 0.665. The van der Waals surface area contributed by atoms with Crippen molar-refractivity contribution in [2.75, 3.05) is 31.1 Å². The van der Waals surface area contributed by atoms with Gasteiger partial charge in [-0.25, -0.2) is 13.5 Å². The topological polar surface area (TPSA) is 41.4 Å². The molecule has 0 spiro atoms. The molecule has 1 aromatic heterocycles. The summed E-state index contributed by atoms with van der Waals surface area (Å²) in [5, 5.41) is 4.63. The first kappa shape index (κ1) is 18.8. The maximum absolute atomic E-state index is 14.1. The number of aromatic nitrogens is 2.